The molecule has 110 valence electrons. The van der Waals surface area contributed by atoms with Crippen LogP contribution in [0.2, 0.25) is 0 Å². The third-order valence-corrected chi connectivity index (χ3v) is 4.45. The van der Waals surface area contributed by atoms with Crippen LogP contribution in [0.1, 0.15) is 62.1 Å². The predicted molar refractivity (Wildman–Crippen MR) is 69.4 cm³/mol. The normalized spacial score (nSPS) is 28.4. The summed E-state index contributed by atoms with van der Waals surface area (Å²) in [6.07, 6.45) is 4.93. The van der Waals surface area contributed by atoms with Gasteiger partial charge in [0.1, 0.15) is 0 Å². The molecule has 0 unspecified atom stereocenters. The first-order chi connectivity index (χ1) is 9.74. The molecule has 1 aromatic heterocycles. The summed E-state index contributed by atoms with van der Waals surface area (Å²) in [6, 6.07) is 0. The summed E-state index contributed by atoms with van der Waals surface area (Å²) < 4.78 is 11.2. The van der Waals surface area contributed by atoms with Gasteiger partial charge in [-0.2, -0.15) is 0 Å². The second-order valence-corrected chi connectivity index (χ2v) is 5.75. The zero-order chi connectivity index (χ0) is 13.9. The van der Waals surface area contributed by atoms with E-state index in [4.69, 9.17) is 14.3 Å². The molecular formula is C14H20N2O4. The highest BCUT2D eigenvalue weighted by Gasteiger charge is 2.30. The number of hydrogen-bond donors (Lipinski definition) is 1. The molecule has 0 bridgehead atoms. The molecule has 1 aliphatic carbocycles. The van der Waals surface area contributed by atoms with E-state index in [2.05, 4.69) is 10.2 Å². The number of aliphatic carboxylic acids is 1. The molecule has 6 nitrogen and oxygen atoms in total. The number of carboxylic acid groups (broad SMARTS) is 1. The molecule has 0 spiro atoms. The molecule has 0 aromatic carbocycles. The maximum atomic E-state index is 10.9. The van der Waals surface area contributed by atoms with Crippen molar-refractivity contribution in [2.75, 3.05) is 13.2 Å². The van der Waals surface area contributed by atoms with Gasteiger partial charge in [-0.1, -0.05) is 0 Å². The van der Waals surface area contributed by atoms with Crippen molar-refractivity contribution in [2.24, 2.45) is 5.92 Å². The molecule has 0 radical (unpaired) electrons. The molecule has 0 atom stereocenters. The van der Waals surface area contributed by atoms with Crippen LogP contribution in [0.15, 0.2) is 4.42 Å². The first-order valence-corrected chi connectivity index (χ1v) is 7.38. The van der Waals surface area contributed by atoms with E-state index in [9.17, 15) is 4.79 Å². The molecule has 6 heteroatoms. The van der Waals surface area contributed by atoms with E-state index in [1.807, 2.05) is 0 Å². The lowest BCUT2D eigenvalue weighted by molar-refractivity contribution is -0.142. The standard InChI is InChI=1S/C14H20N2O4/c17-14(18)11-3-1-9(2-4-11)12-15-16-13(20-12)10-5-7-19-8-6-10/h9-11H,1-8H2,(H,17,18). The van der Waals surface area contributed by atoms with Crippen LogP contribution in [0.4, 0.5) is 0 Å². The van der Waals surface area contributed by atoms with Gasteiger partial charge in [-0.15, -0.1) is 10.2 Å². The quantitative estimate of drug-likeness (QED) is 0.914. The largest absolute Gasteiger partial charge is 0.481 e. The summed E-state index contributed by atoms with van der Waals surface area (Å²) in [5, 5.41) is 17.4. The van der Waals surface area contributed by atoms with Crippen LogP contribution in [0.3, 0.4) is 0 Å². The van der Waals surface area contributed by atoms with Crippen molar-refractivity contribution >= 4 is 5.97 Å². The van der Waals surface area contributed by atoms with E-state index < -0.39 is 5.97 Å². The fraction of sp³-hybridized carbons (Fsp3) is 0.786. The molecule has 1 N–H and O–H groups in total. The van der Waals surface area contributed by atoms with Crippen LogP contribution in [-0.2, 0) is 9.53 Å². The van der Waals surface area contributed by atoms with Gasteiger partial charge in [0.25, 0.3) is 0 Å². The summed E-state index contributed by atoms with van der Waals surface area (Å²) in [6.45, 7) is 1.51. The Kier molecular flexibility index (Phi) is 4.00. The molecule has 20 heavy (non-hydrogen) atoms. The number of ether oxygens (including phenoxy) is 1. The SMILES string of the molecule is O=C(O)C1CCC(c2nnc(C3CCOCC3)o2)CC1. The Morgan fingerprint density at radius 2 is 1.50 bits per heavy atom. The van der Waals surface area contributed by atoms with Crippen LogP contribution in [0.5, 0.6) is 0 Å². The second-order valence-electron chi connectivity index (χ2n) is 5.75. The van der Waals surface area contributed by atoms with Gasteiger partial charge in [0.05, 0.1) is 5.92 Å². The Morgan fingerprint density at radius 1 is 0.950 bits per heavy atom. The van der Waals surface area contributed by atoms with Gasteiger partial charge >= 0.3 is 5.97 Å². The van der Waals surface area contributed by atoms with Crippen LogP contribution in [0, 0.1) is 5.92 Å². The minimum atomic E-state index is -0.683. The lowest BCUT2D eigenvalue weighted by Crippen LogP contribution is -2.20. The van der Waals surface area contributed by atoms with Crippen LogP contribution < -0.4 is 0 Å². The molecule has 2 heterocycles. The molecule has 1 saturated heterocycles. The predicted octanol–water partition coefficient (Wildman–Crippen LogP) is 2.32. The molecule has 2 aliphatic rings. The molecule has 1 aliphatic heterocycles. The lowest BCUT2D eigenvalue weighted by atomic mass is 9.82. The first kappa shape index (κ1) is 13.5. The average Bonchev–Trinajstić information content (AvgIpc) is 2.98. The van der Waals surface area contributed by atoms with Crippen LogP contribution in [0.25, 0.3) is 0 Å². The fourth-order valence-corrected chi connectivity index (χ4v) is 3.11. The van der Waals surface area contributed by atoms with E-state index in [1.54, 1.807) is 0 Å². The van der Waals surface area contributed by atoms with Crippen molar-refractivity contribution in [2.45, 2.75) is 50.4 Å². The number of carboxylic acids is 1. The number of hydrogen-bond acceptors (Lipinski definition) is 5. The third kappa shape index (κ3) is 2.85. The minimum Gasteiger partial charge on any atom is -0.481 e. The van der Waals surface area contributed by atoms with Crippen LogP contribution >= 0.6 is 0 Å². The summed E-state index contributed by atoms with van der Waals surface area (Å²) in [4.78, 5) is 10.9. The molecule has 1 saturated carbocycles. The van der Waals surface area contributed by atoms with E-state index >= 15 is 0 Å². The van der Waals surface area contributed by atoms with Gasteiger partial charge in [0.2, 0.25) is 11.8 Å². The highest BCUT2D eigenvalue weighted by atomic mass is 16.5. The van der Waals surface area contributed by atoms with E-state index in [0.717, 1.165) is 44.8 Å². The van der Waals surface area contributed by atoms with E-state index in [0.29, 0.717) is 24.7 Å². The topological polar surface area (TPSA) is 85.5 Å². The first-order valence-electron chi connectivity index (χ1n) is 7.38. The van der Waals surface area contributed by atoms with Gasteiger partial charge < -0.3 is 14.3 Å². The second kappa shape index (κ2) is 5.91. The Hall–Kier alpha value is -1.43. The Bertz CT molecular complexity index is 459. The fourth-order valence-electron chi connectivity index (χ4n) is 3.11. The smallest absolute Gasteiger partial charge is 0.306 e. The third-order valence-electron chi connectivity index (χ3n) is 4.45. The van der Waals surface area contributed by atoms with Gasteiger partial charge in [0.15, 0.2) is 0 Å². The Morgan fingerprint density at radius 3 is 2.05 bits per heavy atom. The van der Waals surface area contributed by atoms with Crippen molar-refractivity contribution in [3.05, 3.63) is 11.8 Å². The van der Waals surface area contributed by atoms with Crippen molar-refractivity contribution in [1.82, 2.24) is 10.2 Å². The average molecular weight is 280 g/mol. The highest BCUT2D eigenvalue weighted by molar-refractivity contribution is 5.70. The Balaban J connectivity index is 1.61. The van der Waals surface area contributed by atoms with Crippen molar-refractivity contribution < 1.29 is 19.1 Å². The molecule has 1 aromatic rings. The Labute approximate surface area is 117 Å². The molecule has 3 rings (SSSR count). The summed E-state index contributed by atoms with van der Waals surface area (Å²) in [7, 11) is 0. The molecule has 0 amide bonds. The highest BCUT2D eigenvalue weighted by Crippen LogP contribution is 2.36. The zero-order valence-corrected chi connectivity index (χ0v) is 11.5. The minimum absolute atomic E-state index is 0.205. The van der Waals surface area contributed by atoms with Crippen molar-refractivity contribution in [3.8, 4) is 0 Å². The van der Waals surface area contributed by atoms with E-state index in [-0.39, 0.29) is 11.8 Å². The van der Waals surface area contributed by atoms with Crippen molar-refractivity contribution in [3.63, 3.8) is 0 Å². The monoisotopic (exact) mass is 280 g/mol. The van der Waals surface area contributed by atoms with Crippen molar-refractivity contribution in [1.29, 1.82) is 0 Å². The summed E-state index contributed by atoms with van der Waals surface area (Å²) in [5.41, 5.74) is 0. The number of nitrogens with zero attached hydrogens (tertiary/aromatic N) is 2. The van der Waals surface area contributed by atoms with Gasteiger partial charge in [-0.25, -0.2) is 0 Å². The lowest BCUT2D eigenvalue weighted by Gasteiger charge is -2.23. The van der Waals surface area contributed by atoms with Crippen LogP contribution in [-0.4, -0.2) is 34.5 Å². The maximum absolute atomic E-state index is 10.9. The number of carbonyl (C=O) groups is 1. The number of aromatic nitrogens is 2. The summed E-state index contributed by atoms with van der Waals surface area (Å²) >= 11 is 0. The zero-order valence-electron chi connectivity index (χ0n) is 11.5. The number of rotatable bonds is 3. The molecule has 2 fully saturated rings. The maximum Gasteiger partial charge on any atom is 0.306 e. The van der Waals surface area contributed by atoms with Gasteiger partial charge in [-0.05, 0) is 38.5 Å². The van der Waals surface area contributed by atoms with Gasteiger partial charge in [-0.3, -0.25) is 4.79 Å². The molecular weight excluding hydrogens is 260 g/mol. The van der Waals surface area contributed by atoms with Gasteiger partial charge in [0, 0.05) is 25.0 Å². The van der Waals surface area contributed by atoms with E-state index in [1.165, 1.54) is 0 Å². The summed E-state index contributed by atoms with van der Waals surface area (Å²) in [5.74, 6) is 1.08.